The summed E-state index contributed by atoms with van der Waals surface area (Å²) in [7, 11) is 0. The zero-order valence-corrected chi connectivity index (χ0v) is 10.8. The van der Waals surface area contributed by atoms with E-state index in [1.807, 2.05) is 12.1 Å². The SMILES string of the molecule is CC(C)CCc1nc(N)c2ccc(Cl)cc2n1. The van der Waals surface area contributed by atoms with Crippen molar-refractivity contribution in [3.8, 4) is 0 Å². The Labute approximate surface area is 106 Å². The second-order valence-corrected chi connectivity index (χ2v) is 5.06. The first-order valence-electron chi connectivity index (χ1n) is 5.78. The maximum absolute atomic E-state index is 5.95. The van der Waals surface area contributed by atoms with Gasteiger partial charge < -0.3 is 5.73 Å². The molecule has 0 atom stereocenters. The number of benzene rings is 1. The van der Waals surface area contributed by atoms with Crippen molar-refractivity contribution in [1.82, 2.24) is 9.97 Å². The van der Waals surface area contributed by atoms with Crippen molar-refractivity contribution in [1.29, 1.82) is 0 Å². The predicted molar refractivity (Wildman–Crippen MR) is 72.1 cm³/mol. The number of hydrogen-bond donors (Lipinski definition) is 1. The van der Waals surface area contributed by atoms with Crippen LogP contribution in [0.3, 0.4) is 0 Å². The number of aryl methyl sites for hydroxylation is 1. The average Bonchev–Trinajstić information content (AvgIpc) is 2.25. The predicted octanol–water partition coefficient (Wildman–Crippen LogP) is 3.45. The topological polar surface area (TPSA) is 51.8 Å². The second kappa shape index (κ2) is 4.88. The number of nitrogen functional groups attached to an aromatic ring is 1. The Morgan fingerprint density at radius 2 is 2.06 bits per heavy atom. The third-order valence-corrected chi connectivity index (χ3v) is 2.92. The van der Waals surface area contributed by atoms with Crippen LogP contribution in [0.15, 0.2) is 18.2 Å². The summed E-state index contributed by atoms with van der Waals surface area (Å²) in [4.78, 5) is 8.82. The van der Waals surface area contributed by atoms with E-state index in [0.717, 1.165) is 29.6 Å². The number of rotatable bonds is 3. The molecular weight excluding hydrogens is 234 g/mol. The number of aromatic nitrogens is 2. The van der Waals surface area contributed by atoms with E-state index in [4.69, 9.17) is 17.3 Å². The van der Waals surface area contributed by atoms with Gasteiger partial charge in [0.15, 0.2) is 0 Å². The minimum atomic E-state index is 0.533. The molecule has 0 aliphatic rings. The molecule has 0 aliphatic heterocycles. The molecule has 4 heteroatoms. The van der Waals surface area contributed by atoms with Gasteiger partial charge in [-0.05, 0) is 30.5 Å². The average molecular weight is 250 g/mol. The highest BCUT2D eigenvalue weighted by molar-refractivity contribution is 6.31. The van der Waals surface area contributed by atoms with E-state index >= 15 is 0 Å². The van der Waals surface area contributed by atoms with Crippen LogP contribution in [0.1, 0.15) is 26.1 Å². The molecule has 0 saturated heterocycles. The van der Waals surface area contributed by atoms with E-state index in [0.29, 0.717) is 16.8 Å². The Morgan fingerprint density at radius 3 is 2.76 bits per heavy atom. The molecule has 1 heterocycles. The highest BCUT2D eigenvalue weighted by Gasteiger charge is 2.06. The van der Waals surface area contributed by atoms with Crippen LogP contribution in [0.5, 0.6) is 0 Å². The molecule has 0 spiro atoms. The van der Waals surface area contributed by atoms with Gasteiger partial charge in [-0.3, -0.25) is 0 Å². The van der Waals surface area contributed by atoms with E-state index in [-0.39, 0.29) is 0 Å². The van der Waals surface area contributed by atoms with Crippen molar-refractivity contribution in [2.45, 2.75) is 26.7 Å². The molecule has 0 saturated carbocycles. The number of hydrogen-bond acceptors (Lipinski definition) is 3. The Kier molecular flexibility index (Phi) is 3.48. The Bertz CT molecular complexity index is 537. The number of fused-ring (bicyclic) bond motifs is 1. The van der Waals surface area contributed by atoms with Gasteiger partial charge in [0.05, 0.1) is 5.52 Å². The van der Waals surface area contributed by atoms with Crippen LogP contribution < -0.4 is 5.73 Å². The molecule has 2 N–H and O–H groups in total. The first-order chi connectivity index (χ1) is 8.06. The van der Waals surface area contributed by atoms with Crippen LogP contribution in [-0.2, 0) is 6.42 Å². The van der Waals surface area contributed by atoms with Gasteiger partial charge in [-0.1, -0.05) is 25.4 Å². The maximum atomic E-state index is 5.95. The van der Waals surface area contributed by atoms with Crippen LogP contribution in [-0.4, -0.2) is 9.97 Å². The molecule has 0 aliphatic carbocycles. The van der Waals surface area contributed by atoms with Crippen molar-refractivity contribution in [3.63, 3.8) is 0 Å². The summed E-state index contributed by atoms with van der Waals surface area (Å²) in [5, 5.41) is 1.54. The zero-order valence-electron chi connectivity index (χ0n) is 10.1. The van der Waals surface area contributed by atoms with E-state index in [2.05, 4.69) is 23.8 Å². The van der Waals surface area contributed by atoms with E-state index in [9.17, 15) is 0 Å². The lowest BCUT2D eigenvalue weighted by molar-refractivity contribution is 0.576. The number of nitrogens with two attached hydrogens (primary N) is 1. The van der Waals surface area contributed by atoms with Crippen molar-refractivity contribution in [3.05, 3.63) is 29.0 Å². The van der Waals surface area contributed by atoms with Gasteiger partial charge in [-0.25, -0.2) is 9.97 Å². The molecule has 3 nitrogen and oxygen atoms in total. The van der Waals surface area contributed by atoms with E-state index in [1.54, 1.807) is 6.07 Å². The van der Waals surface area contributed by atoms with Gasteiger partial charge in [-0.15, -0.1) is 0 Å². The standard InChI is InChI=1S/C13H16ClN3/c1-8(2)3-6-12-16-11-7-9(14)4-5-10(11)13(15)17-12/h4-5,7-8H,3,6H2,1-2H3,(H2,15,16,17). The van der Waals surface area contributed by atoms with Crippen LogP contribution in [0.25, 0.3) is 10.9 Å². The minimum Gasteiger partial charge on any atom is -0.383 e. The maximum Gasteiger partial charge on any atom is 0.135 e. The highest BCUT2D eigenvalue weighted by atomic mass is 35.5. The zero-order chi connectivity index (χ0) is 12.4. The lowest BCUT2D eigenvalue weighted by Gasteiger charge is -2.07. The molecule has 1 aromatic carbocycles. The fourth-order valence-electron chi connectivity index (χ4n) is 1.71. The molecule has 0 radical (unpaired) electrons. The molecule has 1 aromatic heterocycles. The fourth-order valence-corrected chi connectivity index (χ4v) is 1.87. The van der Waals surface area contributed by atoms with Gasteiger partial charge in [0.25, 0.3) is 0 Å². The summed E-state index contributed by atoms with van der Waals surface area (Å²) in [6.07, 6.45) is 1.91. The number of halogens is 1. The summed E-state index contributed by atoms with van der Waals surface area (Å²) in [5.74, 6) is 1.96. The summed E-state index contributed by atoms with van der Waals surface area (Å²) in [6, 6.07) is 5.49. The summed E-state index contributed by atoms with van der Waals surface area (Å²) in [5.41, 5.74) is 6.74. The van der Waals surface area contributed by atoms with Crippen molar-refractivity contribution in [2.75, 3.05) is 5.73 Å². The molecule has 0 unspecified atom stereocenters. The largest absolute Gasteiger partial charge is 0.383 e. The van der Waals surface area contributed by atoms with Gasteiger partial charge in [-0.2, -0.15) is 0 Å². The third-order valence-electron chi connectivity index (χ3n) is 2.68. The molecule has 90 valence electrons. The second-order valence-electron chi connectivity index (χ2n) is 4.62. The Hall–Kier alpha value is -1.35. The van der Waals surface area contributed by atoms with Gasteiger partial charge in [0.2, 0.25) is 0 Å². The Balaban J connectivity index is 2.39. The lowest BCUT2D eigenvalue weighted by atomic mass is 10.1. The van der Waals surface area contributed by atoms with Crippen molar-refractivity contribution < 1.29 is 0 Å². The van der Waals surface area contributed by atoms with E-state index in [1.165, 1.54) is 0 Å². The van der Waals surface area contributed by atoms with Crippen LogP contribution >= 0.6 is 11.6 Å². The van der Waals surface area contributed by atoms with Crippen LogP contribution in [0.4, 0.5) is 5.82 Å². The molecule has 0 amide bonds. The van der Waals surface area contributed by atoms with Crippen molar-refractivity contribution >= 4 is 28.3 Å². The number of anilines is 1. The quantitative estimate of drug-likeness (QED) is 0.906. The number of nitrogens with zero attached hydrogens (tertiary/aromatic N) is 2. The minimum absolute atomic E-state index is 0.533. The monoisotopic (exact) mass is 249 g/mol. The first kappa shape index (κ1) is 12.1. The van der Waals surface area contributed by atoms with Crippen molar-refractivity contribution in [2.24, 2.45) is 5.92 Å². The smallest absolute Gasteiger partial charge is 0.135 e. The summed E-state index contributed by atoms with van der Waals surface area (Å²) in [6.45, 7) is 4.36. The molecule has 2 aromatic rings. The highest BCUT2D eigenvalue weighted by Crippen LogP contribution is 2.22. The fraction of sp³-hybridized carbons (Fsp3) is 0.385. The van der Waals surface area contributed by atoms with Crippen LogP contribution in [0.2, 0.25) is 5.02 Å². The first-order valence-corrected chi connectivity index (χ1v) is 6.15. The summed E-state index contributed by atoms with van der Waals surface area (Å²) < 4.78 is 0. The molecule has 17 heavy (non-hydrogen) atoms. The molecular formula is C13H16ClN3. The Morgan fingerprint density at radius 1 is 1.29 bits per heavy atom. The molecule has 0 fully saturated rings. The lowest BCUT2D eigenvalue weighted by Crippen LogP contribution is -2.02. The van der Waals surface area contributed by atoms with E-state index < -0.39 is 0 Å². The van der Waals surface area contributed by atoms with Crippen LogP contribution in [0, 0.1) is 5.92 Å². The van der Waals surface area contributed by atoms with Gasteiger partial charge >= 0.3 is 0 Å². The molecule has 2 rings (SSSR count). The molecule has 0 bridgehead atoms. The third kappa shape index (κ3) is 2.86. The normalized spacial score (nSPS) is 11.3. The summed E-state index contributed by atoms with van der Waals surface area (Å²) >= 11 is 5.95. The van der Waals surface area contributed by atoms with Gasteiger partial charge in [0.1, 0.15) is 11.6 Å². The van der Waals surface area contributed by atoms with Gasteiger partial charge in [0, 0.05) is 16.8 Å².